The molecule has 0 saturated heterocycles. The molecule has 0 unspecified atom stereocenters. The van der Waals surface area contributed by atoms with Crippen LogP contribution in [-0.4, -0.2) is 24.7 Å². The van der Waals surface area contributed by atoms with E-state index in [4.69, 9.17) is 0 Å². The van der Waals surface area contributed by atoms with E-state index < -0.39 is 0 Å². The van der Waals surface area contributed by atoms with Crippen molar-refractivity contribution in [3.05, 3.63) is 47.1 Å². The molecule has 0 spiro atoms. The molecule has 0 radical (unpaired) electrons. The Hall–Kier alpha value is -2.63. The summed E-state index contributed by atoms with van der Waals surface area (Å²) in [7, 11) is 0. The van der Waals surface area contributed by atoms with Crippen LogP contribution in [0.3, 0.4) is 0 Å². The summed E-state index contributed by atoms with van der Waals surface area (Å²) < 4.78 is 1.27. The van der Waals surface area contributed by atoms with Crippen molar-refractivity contribution in [1.82, 2.24) is 19.6 Å². The minimum atomic E-state index is -0.370. The molecule has 0 aliphatic rings. The van der Waals surface area contributed by atoms with Crippen LogP contribution in [-0.2, 0) is 0 Å². The van der Waals surface area contributed by atoms with E-state index in [1.54, 1.807) is 30.7 Å². The van der Waals surface area contributed by atoms with Crippen molar-refractivity contribution in [3.63, 3.8) is 0 Å². The molecule has 3 rings (SSSR count). The monoisotopic (exact) mass is 228 g/mol. The maximum absolute atomic E-state index is 11.3. The number of aromatic nitrogens is 4. The number of H-pyrrole nitrogens is 1. The zero-order valence-corrected chi connectivity index (χ0v) is 8.66. The maximum Gasteiger partial charge on any atom is 0.254 e. The summed E-state index contributed by atoms with van der Waals surface area (Å²) in [5.41, 5.74) is 1.70. The summed E-state index contributed by atoms with van der Waals surface area (Å²) in [5.74, 6) is -0.191. The Bertz CT molecular complexity index is 730. The average molecular weight is 228 g/mol. The van der Waals surface area contributed by atoms with Crippen LogP contribution in [0.25, 0.3) is 16.8 Å². The second-order valence-electron chi connectivity index (χ2n) is 3.55. The summed E-state index contributed by atoms with van der Waals surface area (Å²) in [4.78, 5) is 17.9. The van der Waals surface area contributed by atoms with Crippen molar-refractivity contribution >= 4 is 5.65 Å². The lowest BCUT2D eigenvalue weighted by Gasteiger charge is -1.99. The molecule has 0 fully saturated rings. The molecule has 6 heteroatoms. The van der Waals surface area contributed by atoms with Crippen LogP contribution in [0.4, 0.5) is 0 Å². The molecule has 2 N–H and O–H groups in total. The van der Waals surface area contributed by atoms with E-state index in [0.29, 0.717) is 5.65 Å². The Morgan fingerprint density at radius 2 is 2.06 bits per heavy atom. The molecule has 3 aromatic heterocycles. The molecule has 0 aromatic carbocycles. The van der Waals surface area contributed by atoms with Crippen molar-refractivity contribution in [1.29, 1.82) is 0 Å². The number of hydrogen-bond donors (Lipinski definition) is 2. The van der Waals surface area contributed by atoms with Gasteiger partial charge in [0.2, 0.25) is 5.88 Å². The molecule has 3 heterocycles. The molecule has 17 heavy (non-hydrogen) atoms. The molecular formula is C11H8N4O2. The van der Waals surface area contributed by atoms with Crippen LogP contribution in [0.2, 0.25) is 0 Å². The predicted molar refractivity (Wildman–Crippen MR) is 60.7 cm³/mol. The van der Waals surface area contributed by atoms with Crippen LogP contribution in [0.5, 0.6) is 5.88 Å². The van der Waals surface area contributed by atoms with Crippen molar-refractivity contribution in [2.24, 2.45) is 0 Å². The lowest BCUT2D eigenvalue weighted by molar-refractivity contribution is 0.434. The van der Waals surface area contributed by atoms with E-state index in [0.717, 1.165) is 17.2 Å². The first-order valence-electron chi connectivity index (χ1n) is 4.96. The first-order chi connectivity index (χ1) is 8.25. The van der Waals surface area contributed by atoms with Crippen molar-refractivity contribution in [2.45, 2.75) is 0 Å². The third kappa shape index (κ3) is 1.46. The molecule has 84 valence electrons. The third-order valence-corrected chi connectivity index (χ3v) is 2.48. The average Bonchev–Trinajstić information content (AvgIpc) is 2.74. The van der Waals surface area contributed by atoms with Gasteiger partial charge in [0, 0.05) is 18.0 Å². The molecule has 0 saturated carbocycles. The Morgan fingerprint density at radius 1 is 1.29 bits per heavy atom. The number of nitrogens with zero attached hydrogens (tertiary/aromatic N) is 3. The standard InChI is InChI=1S/C11H8N4O2/c16-9-5-10(17)15-11(14-9)8(6-13-15)7-1-3-12-4-2-7/h1-6,17H,(H,14,16). The zero-order valence-electron chi connectivity index (χ0n) is 8.66. The van der Waals surface area contributed by atoms with Crippen molar-refractivity contribution in [3.8, 4) is 17.0 Å². The Labute approximate surface area is 95.2 Å². The summed E-state index contributed by atoms with van der Waals surface area (Å²) in [6.07, 6.45) is 4.89. The number of pyridine rings is 1. The van der Waals surface area contributed by atoms with Gasteiger partial charge in [-0.3, -0.25) is 9.78 Å². The Morgan fingerprint density at radius 3 is 2.82 bits per heavy atom. The summed E-state index contributed by atoms with van der Waals surface area (Å²) in [6.45, 7) is 0. The largest absolute Gasteiger partial charge is 0.493 e. The van der Waals surface area contributed by atoms with Gasteiger partial charge in [-0.15, -0.1) is 0 Å². The van der Waals surface area contributed by atoms with Crippen LogP contribution in [0.15, 0.2) is 41.6 Å². The highest BCUT2D eigenvalue weighted by molar-refractivity contribution is 5.76. The second-order valence-corrected chi connectivity index (χ2v) is 3.55. The highest BCUT2D eigenvalue weighted by Crippen LogP contribution is 2.23. The number of aromatic hydroxyl groups is 1. The molecule has 0 aliphatic carbocycles. The van der Waals surface area contributed by atoms with E-state index in [-0.39, 0.29) is 11.4 Å². The predicted octanol–water partition coefficient (Wildman–Crippen LogP) is 0.790. The highest BCUT2D eigenvalue weighted by atomic mass is 16.3. The molecule has 0 bridgehead atoms. The van der Waals surface area contributed by atoms with Crippen molar-refractivity contribution in [2.75, 3.05) is 0 Å². The van der Waals surface area contributed by atoms with Gasteiger partial charge in [0.15, 0.2) is 0 Å². The van der Waals surface area contributed by atoms with E-state index in [2.05, 4.69) is 15.1 Å². The van der Waals surface area contributed by atoms with E-state index in [1.165, 1.54) is 4.52 Å². The van der Waals surface area contributed by atoms with Crippen molar-refractivity contribution < 1.29 is 5.11 Å². The smallest absolute Gasteiger partial charge is 0.254 e. The van der Waals surface area contributed by atoms with Crippen LogP contribution in [0, 0.1) is 0 Å². The molecule has 0 aliphatic heterocycles. The lowest BCUT2D eigenvalue weighted by Crippen LogP contribution is -2.07. The molecule has 0 atom stereocenters. The quantitative estimate of drug-likeness (QED) is 0.645. The molecule has 6 nitrogen and oxygen atoms in total. The minimum Gasteiger partial charge on any atom is -0.493 e. The fourth-order valence-electron chi connectivity index (χ4n) is 1.72. The normalized spacial score (nSPS) is 10.8. The maximum atomic E-state index is 11.3. The number of rotatable bonds is 1. The first-order valence-corrected chi connectivity index (χ1v) is 4.96. The summed E-state index contributed by atoms with van der Waals surface area (Å²) in [6, 6.07) is 4.69. The van der Waals surface area contributed by atoms with E-state index in [9.17, 15) is 9.90 Å². The minimum absolute atomic E-state index is 0.191. The molecule has 0 amide bonds. The van der Waals surface area contributed by atoms with E-state index in [1.807, 2.05) is 0 Å². The first kappa shape index (κ1) is 9.59. The lowest BCUT2D eigenvalue weighted by atomic mass is 10.1. The van der Waals surface area contributed by atoms with Gasteiger partial charge in [0.25, 0.3) is 5.56 Å². The number of aromatic amines is 1. The van der Waals surface area contributed by atoms with Gasteiger partial charge in [-0.1, -0.05) is 0 Å². The molecule has 3 aromatic rings. The highest BCUT2D eigenvalue weighted by Gasteiger charge is 2.10. The molecular weight excluding hydrogens is 220 g/mol. The third-order valence-electron chi connectivity index (χ3n) is 2.48. The Kier molecular flexibility index (Phi) is 1.94. The fraction of sp³-hybridized carbons (Fsp3) is 0. The number of hydrogen-bond acceptors (Lipinski definition) is 4. The van der Waals surface area contributed by atoms with Crippen LogP contribution < -0.4 is 5.56 Å². The van der Waals surface area contributed by atoms with Crippen LogP contribution >= 0.6 is 0 Å². The van der Waals surface area contributed by atoms with Gasteiger partial charge in [0.05, 0.1) is 12.3 Å². The topological polar surface area (TPSA) is 83.3 Å². The van der Waals surface area contributed by atoms with E-state index >= 15 is 0 Å². The Balaban J connectivity index is 2.36. The van der Waals surface area contributed by atoms with Gasteiger partial charge in [-0.2, -0.15) is 9.61 Å². The zero-order chi connectivity index (χ0) is 11.8. The van der Waals surface area contributed by atoms with Crippen LogP contribution in [0.1, 0.15) is 0 Å². The summed E-state index contributed by atoms with van der Waals surface area (Å²) in [5, 5.41) is 13.6. The van der Waals surface area contributed by atoms with Gasteiger partial charge in [0.1, 0.15) is 5.65 Å². The van der Waals surface area contributed by atoms with Gasteiger partial charge < -0.3 is 10.1 Å². The van der Waals surface area contributed by atoms with Gasteiger partial charge >= 0.3 is 0 Å². The van der Waals surface area contributed by atoms with Gasteiger partial charge in [-0.05, 0) is 17.7 Å². The fourth-order valence-corrected chi connectivity index (χ4v) is 1.72. The summed E-state index contributed by atoms with van der Waals surface area (Å²) >= 11 is 0. The van der Waals surface area contributed by atoms with Gasteiger partial charge in [-0.25, -0.2) is 0 Å². The second kappa shape index (κ2) is 3.44. The number of fused-ring (bicyclic) bond motifs is 1. The SMILES string of the molecule is O=c1cc(O)n2ncc(-c3ccncc3)c2[nH]1. The number of nitrogens with one attached hydrogen (secondary N) is 1.